The summed E-state index contributed by atoms with van der Waals surface area (Å²) in [6.45, 7) is 13.9. The number of aryl methyl sites for hydroxylation is 1. The lowest BCUT2D eigenvalue weighted by Gasteiger charge is -2.28. The highest BCUT2D eigenvalue weighted by Gasteiger charge is 2.21. The lowest BCUT2D eigenvalue weighted by molar-refractivity contribution is 0.310. The Morgan fingerprint density at radius 3 is 2.61 bits per heavy atom. The highest BCUT2D eigenvalue weighted by atomic mass is 16.3. The number of rotatable bonds is 10. The summed E-state index contributed by atoms with van der Waals surface area (Å²) in [7, 11) is 0. The van der Waals surface area contributed by atoms with E-state index in [0.29, 0.717) is 11.3 Å². The van der Waals surface area contributed by atoms with Gasteiger partial charge in [-0.25, -0.2) is 4.98 Å². The number of aromatic nitrogens is 1. The molecule has 0 aliphatic heterocycles. The minimum atomic E-state index is 0.363. The van der Waals surface area contributed by atoms with Crippen LogP contribution in [0.2, 0.25) is 0 Å². The fourth-order valence-corrected chi connectivity index (χ4v) is 2.84. The molecule has 23 heavy (non-hydrogen) atoms. The standard InChI is InChI=1S/C21H35NO/c1-7-18(4)19(5)12-13-21(6,8-2)14-17(3)10-9-11-20-15-22-16-23-20/h10,12,15-16,18H,7-9,11,13-14H2,1-6H3/b17-10+,19-12+. The Kier molecular flexibility index (Phi) is 8.36. The lowest BCUT2D eigenvalue weighted by atomic mass is 9.77. The van der Waals surface area contributed by atoms with Crippen molar-refractivity contribution < 1.29 is 4.42 Å². The largest absolute Gasteiger partial charge is 0.449 e. The third-order valence-electron chi connectivity index (χ3n) is 5.23. The third-order valence-corrected chi connectivity index (χ3v) is 5.23. The van der Waals surface area contributed by atoms with Crippen molar-refractivity contribution in [3.05, 3.63) is 41.6 Å². The normalized spacial score (nSPS) is 17.1. The predicted octanol–water partition coefficient (Wildman–Crippen LogP) is 6.74. The first-order chi connectivity index (χ1) is 10.9. The first-order valence-corrected chi connectivity index (χ1v) is 9.10. The van der Waals surface area contributed by atoms with E-state index in [-0.39, 0.29) is 0 Å². The van der Waals surface area contributed by atoms with Crippen LogP contribution in [0.15, 0.2) is 40.3 Å². The molecule has 2 atom stereocenters. The summed E-state index contributed by atoms with van der Waals surface area (Å²) in [6, 6.07) is 0. The summed E-state index contributed by atoms with van der Waals surface area (Å²) in [4.78, 5) is 3.96. The molecule has 2 heteroatoms. The molecule has 1 rings (SSSR count). The van der Waals surface area contributed by atoms with Crippen molar-refractivity contribution in [2.75, 3.05) is 0 Å². The van der Waals surface area contributed by atoms with Crippen molar-refractivity contribution in [1.82, 2.24) is 4.98 Å². The monoisotopic (exact) mass is 317 g/mol. The van der Waals surface area contributed by atoms with Crippen LogP contribution >= 0.6 is 0 Å². The predicted molar refractivity (Wildman–Crippen MR) is 99.4 cm³/mol. The Balaban J connectivity index is 2.54. The van der Waals surface area contributed by atoms with Crippen molar-refractivity contribution in [2.24, 2.45) is 11.3 Å². The van der Waals surface area contributed by atoms with Gasteiger partial charge < -0.3 is 4.42 Å². The summed E-state index contributed by atoms with van der Waals surface area (Å²) in [6.07, 6.45) is 14.9. The molecule has 1 aromatic rings. The highest BCUT2D eigenvalue weighted by Crippen LogP contribution is 2.35. The Labute approximate surface area is 143 Å². The van der Waals surface area contributed by atoms with Gasteiger partial charge in [0.05, 0.1) is 6.20 Å². The molecule has 0 saturated carbocycles. The van der Waals surface area contributed by atoms with Gasteiger partial charge in [0.25, 0.3) is 0 Å². The van der Waals surface area contributed by atoms with Crippen LogP contribution in [-0.4, -0.2) is 4.98 Å². The van der Waals surface area contributed by atoms with Crippen LogP contribution in [-0.2, 0) is 6.42 Å². The zero-order valence-corrected chi connectivity index (χ0v) is 16.0. The van der Waals surface area contributed by atoms with Crippen molar-refractivity contribution in [1.29, 1.82) is 0 Å². The minimum absolute atomic E-state index is 0.363. The van der Waals surface area contributed by atoms with Gasteiger partial charge in [-0.05, 0) is 50.9 Å². The van der Waals surface area contributed by atoms with Crippen LogP contribution < -0.4 is 0 Å². The van der Waals surface area contributed by atoms with Crippen molar-refractivity contribution in [2.45, 2.75) is 80.1 Å². The lowest BCUT2D eigenvalue weighted by Crippen LogP contribution is -2.15. The third kappa shape index (κ3) is 7.20. The minimum Gasteiger partial charge on any atom is -0.449 e. The van der Waals surface area contributed by atoms with E-state index in [1.54, 1.807) is 5.57 Å². The molecule has 0 bridgehead atoms. The molecule has 2 nitrogen and oxygen atoms in total. The zero-order chi connectivity index (χ0) is 17.3. The molecule has 1 heterocycles. The number of hydrogen-bond acceptors (Lipinski definition) is 2. The average molecular weight is 318 g/mol. The second-order valence-corrected chi connectivity index (χ2v) is 7.36. The second-order valence-electron chi connectivity index (χ2n) is 7.36. The van der Waals surface area contributed by atoms with E-state index in [9.17, 15) is 0 Å². The highest BCUT2D eigenvalue weighted by molar-refractivity contribution is 5.08. The van der Waals surface area contributed by atoms with E-state index in [0.717, 1.165) is 18.6 Å². The molecular formula is C21H35NO. The molecule has 0 aliphatic carbocycles. The number of hydrogen-bond donors (Lipinski definition) is 0. The molecule has 0 fully saturated rings. The first kappa shape index (κ1) is 19.7. The maximum atomic E-state index is 5.29. The second kappa shape index (κ2) is 9.75. The molecule has 1 aromatic heterocycles. The van der Waals surface area contributed by atoms with E-state index >= 15 is 0 Å². The summed E-state index contributed by atoms with van der Waals surface area (Å²) < 4.78 is 5.29. The fraction of sp³-hybridized carbons (Fsp3) is 0.667. The van der Waals surface area contributed by atoms with Crippen molar-refractivity contribution >= 4 is 0 Å². The Morgan fingerprint density at radius 1 is 1.30 bits per heavy atom. The van der Waals surface area contributed by atoms with Crippen LogP contribution in [0.5, 0.6) is 0 Å². The summed E-state index contributed by atoms with van der Waals surface area (Å²) in [5.41, 5.74) is 3.39. The van der Waals surface area contributed by atoms with Crippen molar-refractivity contribution in [3.8, 4) is 0 Å². The molecule has 0 amide bonds. The van der Waals surface area contributed by atoms with E-state index < -0.39 is 0 Å². The van der Waals surface area contributed by atoms with E-state index in [4.69, 9.17) is 4.42 Å². The van der Waals surface area contributed by atoms with Crippen LogP contribution in [0, 0.1) is 11.3 Å². The summed E-state index contributed by atoms with van der Waals surface area (Å²) in [5, 5.41) is 0. The molecule has 0 saturated heterocycles. The van der Waals surface area contributed by atoms with Crippen LogP contribution in [0.3, 0.4) is 0 Å². The van der Waals surface area contributed by atoms with Crippen LogP contribution in [0.25, 0.3) is 0 Å². The van der Waals surface area contributed by atoms with E-state index in [1.165, 1.54) is 37.7 Å². The number of nitrogens with zero attached hydrogens (tertiary/aromatic N) is 1. The SMILES string of the molecule is CCC(C)/C(C)=C/CC(C)(CC)C/C(C)=C/CCc1cnco1. The van der Waals surface area contributed by atoms with Gasteiger partial charge in [-0.15, -0.1) is 0 Å². The van der Waals surface area contributed by atoms with Gasteiger partial charge >= 0.3 is 0 Å². The first-order valence-electron chi connectivity index (χ1n) is 9.10. The average Bonchev–Trinajstić information content (AvgIpc) is 3.05. The maximum absolute atomic E-state index is 5.29. The molecule has 0 spiro atoms. The topological polar surface area (TPSA) is 26.0 Å². The quantitative estimate of drug-likeness (QED) is 0.446. The van der Waals surface area contributed by atoms with E-state index in [1.807, 2.05) is 6.20 Å². The van der Waals surface area contributed by atoms with Gasteiger partial charge in [-0.2, -0.15) is 0 Å². The molecular weight excluding hydrogens is 282 g/mol. The molecule has 2 unspecified atom stereocenters. The number of allylic oxidation sites excluding steroid dienone is 4. The Hall–Kier alpha value is -1.31. The van der Waals surface area contributed by atoms with Crippen LogP contribution in [0.1, 0.15) is 79.4 Å². The van der Waals surface area contributed by atoms with Gasteiger partial charge in [-0.1, -0.05) is 57.4 Å². The summed E-state index contributed by atoms with van der Waals surface area (Å²) >= 11 is 0. The Morgan fingerprint density at radius 2 is 2.04 bits per heavy atom. The van der Waals surface area contributed by atoms with Crippen LogP contribution in [0.4, 0.5) is 0 Å². The summed E-state index contributed by atoms with van der Waals surface area (Å²) in [5.74, 6) is 1.68. The molecule has 0 radical (unpaired) electrons. The fourth-order valence-electron chi connectivity index (χ4n) is 2.84. The molecule has 0 aliphatic rings. The van der Waals surface area contributed by atoms with Gasteiger partial charge in [0.2, 0.25) is 0 Å². The van der Waals surface area contributed by atoms with Gasteiger partial charge in [0, 0.05) is 6.42 Å². The van der Waals surface area contributed by atoms with E-state index in [2.05, 4.69) is 58.7 Å². The van der Waals surface area contributed by atoms with Crippen molar-refractivity contribution in [3.63, 3.8) is 0 Å². The zero-order valence-electron chi connectivity index (χ0n) is 16.0. The number of oxazole rings is 1. The maximum Gasteiger partial charge on any atom is 0.180 e. The van der Waals surface area contributed by atoms with Gasteiger partial charge in [-0.3, -0.25) is 0 Å². The van der Waals surface area contributed by atoms with Gasteiger partial charge in [0.15, 0.2) is 6.39 Å². The van der Waals surface area contributed by atoms with Gasteiger partial charge in [0.1, 0.15) is 5.76 Å². The molecule has 0 N–H and O–H groups in total. The Bertz CT molecular complexity index is 498. The smallest absolute Gasteiger partial charge is 0.180 e. The molecule has 0 aromatic carbocycles. The molecule has 130 valence electrons.